The molecule has 1 N–H and O–H groups in total. The molecular formula is C30H20N2O. The normalized spacial score (nSPS) is 12.0. The van der Waals surface area contributed by atoms with E-state index in [-0.39, 0.29) is 0 Å². The highest BCUT2D eigenvalue weighted by Gasteiger charge is 2.24. The maximum atomic E-state index is 6.37. The maximum Gasteiger partial charge on any atom is 0.136 e. The fraction of sp³-hybridized carbons (Fsp3) is 0.0333. The highest BCUT2D eigenvalue weighted by molar-refractivity contribution is 6.17. The number of fused-ring (bicyclic) bond motifs is 10. The molecule has 4 aromatic carbocycles. The monoisotopic (exact) mass is 424 g/mol. The molecule has 0 aliphatic carbocycles. The van der Waals surface area contributed by atoms with Crippen molar-refractivity contribution in [3.05, 3.63) is 103 Å². The Morgan fingerprint density at radius 2 is 1.52 bits per heavy atom. The molecule has 3 heteroatoms. The lowest BCUT2D eigenvalue weighted by atomic mass is 9.86. The van der Waals surface area contributed by atoms with Gasteiger partial charge in [0, 0.05) is 45.0 Å². The third-order valence-corrected chi connectivity index (χ3v) is 6.66. The van der Waals surface area contributed by atoms with Gasteiger partial charge in [0.25, 0.3) is 0 Å². The van der Waals surface area contributed by atoms with Crippen LogP contribution in [-0.4, -0.2) is 4.98 Å². The molecule has 7 rings (SSSR count). The molecule has 0 unspecified atom stereocenters. The quantitative estimate of drug-likeness (QED) is 0.288. The van der Waals surface area contributed by atoms with Gasteiger partial charge in [-0.1, -0.05) is 48.5 Å². The van der Waals surface area contributed by atoms with Gasteiger partial charge in [-0.15, -0.1) is 0 Å². The Labute approximate surface area is 191 Å². The van der Waals surface area contributed by atoms with Gasteiger partial charge < -0.3 is 9.73 Å². The molecule has 0 saturated carbocycles. The molecule has 1 aliphatic rings. The second kappa shape index (κ2) is 6.81. The van der Waals surface area contributed by atoms with Crippen LogP contribution in [0.4, 0.5) is 11.4 Å². The Morgan fingerprint density at radius 3 is 2.42 bits per heavy atom. The zero-order valence-electron chi connectivity index (χ0n) is 18.1. The van der Waals surface area contributed by atoms with Crippen LogP contribution in [0.1, 0.15) is 5.56 Å². The highest BCUT2D eigenvalue weighted by Crippen LogP contribution is 2.49. The zero-order chi connectivity index (χ0) is 21.9. The molecule has 3 nitrogen and oxygen atoms in total. The van der Waals surface area contributed by atoms with Crippen LogP contribution in [0.3, 0.4) is 0 Å². The molecule has 0 radical (unpaired) electrons. The molecule has 2 aromatic heterocycles. The third kappa shape index (κ3) is 2.66. The minimum Gasteiger partial charge on any atom is -0.456 e. The van der Waals surface area contributed by atoms with Crippen LogP contribution in [-0.2, 0) is 0 Å². The number of nitrogens with one attached hydrogen (secondary N) is 1. The number of rotatable bonds is 1. The second-order valence-corrected chi connectivity index (χ2v) is 8.54. The first-order chi connectivity index (χ1) is 16.3. The van der Waals surface area contributed by atoms with Crippen molar-refractivity contribution in [1.29, 1.82) is 0 Å². The highest BCUT2D eigenvalue weighted by atomic mass is 16.3. The summed E-state index contributed by atoms with van der Waals surface area (Å²) in [6, 6.07) is 31.6. The van der Waals surface area contributed by atoms with Gasteiger partial charge in [-0.25, -0.2) is 0 Å². The van der Waals surface area contributed by atoms with Crippen LogP contribution in [0, 0.1) is 6.92 Å². The van der Waals surface area contributed by atoms with Gasteiger partial charge in [-0.05, 0) is 66.1 Å². The van der Waals surface area contributed by atoms with Crippen molar-refractivity contribution in [3.8, 4) is 33.5 Å². The summed E-state index contributed by atoms with van der Waals surface area (Å²) in [6.45, 7) is 2.23. The van der Waals surface area contributed by atoms with E-state index in [4.69, 9.17) is 4.42 Å². The number of nitrogens with zero attached hydrogens (tertiary/aromatic N) is 1. The molecule has 0 saturated heterocycles. The molecule has 0 atom stereocenters. The number of pyridine rings is 1. The van der Waals surface area contributed by atoms with Gasteiger partial charge >= 0.3 is 0 Å². The third-order valence-electron chi connectivity index (χ3n) is 6.66. The summed E-state index contributed by atoms with van der Waals surface area (Å²) in [5.41, 5.74) is 12.0. The van der Waals surface area contributed by atoms with Crippen molar-refractivity contribution in [2.45, 2.75) is 6.92 Å². The lowest BCUT2D eigenvalue weighted by Gasteiger charge is -2.24. The lowest BCUT2D eigenvalue weighted by molar-refractivity contribution is 0.669. The van der Waals surface area contributed by atoms with E-state index in [1.54, 1.807) is 0 Å². The molecular weight excluding hydrogens is 404 g/mol. The summed E-state index contributed by atoms with van der Waals surface area (Å²) in [7, 11) is 0. The second-order valence-electron chi connectivity index (χ2n) is 8.54. The van der Waals surface area contributed by atoms with Crippen LogP contribution >= 0.6 is 0 Å². The van der Waals surface area contributed by atoms with Gasteiger partial charge in [0.1, 0.15) is 11.2 Å². The summed E-state index contributed by atoms with van der Waals surface area (Å²) in [6.07, 6.45) is 1.84. The molecule has 0 spiro atoms. The molecule has 156 valence electrons. The van der Waals surface area contributed by atoms with E-state index in [2.05, 4.69) is 77.9 Å². The minimum atomic E-state index is 0.914. The van der Waals surface area contributed by atoms with E-state index in [1.807, 2.05) is 36.5 Å². The Bertz CT molecular complexity index is 1700. The molecule has 33 heavy (non-hydrogen) atoms. The summed E-state index contributed by atoms with van der Waals surface area (Å²) >= 11 is 0. The van der Waals surface area contributed by atoms with E-state index >= 15 is 0 Å². The van der Waals surface area contributed by atoms with Crippen LogP contribution in [0.5, 0.6) is 0 Å². The van der Waals surface area contributed by atoms with Crippen molar-refractivity contribution in [2.75, 3.05) is 5.32 Å². The fourth-order valence-corrected chi connectivity index (χ4v) is 5.13. The van der Waals surface area contributed by atoms with Crippen LogP contribution < -0.4 is 5.32 Å². The topological polar surface area (TPSA) is 38.1 Å². The van der Waals surface area contributed by atoms with Gasteiger partial charge in [0.15, 0.2) is 0 Å². The zero-order valence-corrected chi connectivity index (χ0v) is 18.1. The van der Waals surface area contributed by atoms with Crippen molar-refractivity contribution in [2.24, 2.45) is 0 Å². The molecule has 6 aromatic rings. The van der Waals surface area contributed by atoms with Crippen LogP contribution in [0.25, 0.3) is 55.4 Å². The van der Waals surface area contributed by atoms with Crippen molar-refractivity contribution in [1.82, 2.24) is 4.98 Å². The Hall–Kier alpha value is -4.37. The fourth-order valence-electron chi connectivity index (χ4n) is 5.13. The first-order valence-corrected chi connectivity index (χ1v) is 11.1. The van der Waals surface area contributed by atoms with E-state index in [0.29, 0.717) is 0 Å². The van der Waals surface area contributed by atoms with Crippen molar-refractivity contribution in [3.63, 3.8) is 0 Å². The molecule has 3 heterocycles. The Morgan fingerprint density at radius 1 is 0.697 bits per heavy atom. The standard InChI is InChI=1S/C30H20N2O/c1-18-22-17-28-30(21-9-3-5-12-27(21)33-28)29(18)20-8-2-4-11-25(20)32-26-14-13-19(16-23(22)26)24-10-6-7-15-31-24/h2-17,32H,1H3. The summed E-state index contributed by atoms with van der Waals surface area (Å²) < 4.78 is 6.37. The van der Waals surface area contributed by atoms with Gasteiger partial charge in [0.05, 0.1) is 5.69 Å². The molecule has 0 fully saturated rings. The number of hydrogen-bond donors (Lipinski definition) is 1. The van der Waals surface area contributed by atoms with Gasteiger partial charge in [-0.2, -0.15) is 0 Å². The number of anilines is 2. The van der Waals surface area contributed by atoms with Gasteiger partial charge in [-0.3, -0.25) is 4.98 Å². The number of hydrogen-bond acceptors (Lipinski definition) is 3. The van der Waals surface area contributed by atoms with Crippen LogP contribution in [0.15, 0.2) is 102 Å². The van der Waals surface area contributed by atoms with Crippen molar-refractivity contribution >= 4 is 33.3 Å². The van der Waals surface area contributed by atoms with Gasteiger partial charge in [0.2, 0.25) is 0 Å². The summed E-state index contributed by atoms with van der Waals surface area (Å²) in [5, 5.41) is 6.04. The SMILES string of the molecule is Cc1c2cc3oc4ccccc4c3c1-c1ccccc1Nc1ccc(-c3ccccn3)cc1-2. The van der Waals surface area contributed by atoms with Crippen molar-refractivity contribution < 1.29 is 4.42 Å². The number of benzene rings is 4. The average Bonchev–Trinajstić information content (AvgIpc) is 3.23. The molecule has 1 aliphatic heterocycles. The Kier molecular flexibility index (Phi) is 3.76. The lowest BCUT2D eigenvalue weighted by Crippen LogP contribution is -2.02. The Balaban J connectivity index is 1.62. The van der Waals surface area contributed by atoms with E-state index in [9.17, 15) is 0 Å². The first kappa shape index (κ1) is 18.2. The van der Waals surface area contributed by atoms with Crippen LogP contribution in [0.2, 0.25) is 0 Å². The first-order valence-electron chi connectivity index (χ1n) is 11.1. The minimum absolute atomic E-state index is 0.914. The summed E-state index contributed by atoms with van der Waals surface area (Å²) in [4.78, 5) is 4.57. The number of para-hydroxylation sites is 2. The molecule has 2 bridgehead atoms. The van der Waals surface area contributed by atoms with E-state index < -0.39 is 0 Å². The number of aromatic nitrogens is 1. The molecule has 0 amide bonds. The predicted octanol–water partition coefficient (Wildman–Crippen LogP) is 8.35. The maximum absolute atomic E-state index is 6.37. The predicted molar refractivity (Wildman–Crippen MR) is 136 cm³/mol. The largest absolute Gasteiger partial charge is 0.456 e. The van der Waals surface area contributed by atoms with E-state index in [0.717, 1.165) is 44.7 Å². The number of furan rings is 1. The summed E-state index contributed by atoms with van der Waals surface area (Å²) in [5.74, 6) is 0. The average molecular weight is 425 g/mol. The smallest absolute Gasteiger partial charge is 0.136 e. The van der Waals surface area contributed by atoms with E-state index in [1.165, 1.54) is 27.6 Å².